The molecule has 3 aromatic rings. The Bertz CT molecular complexity index is 1060. The lowest BCUT2D eigenvalue weighted by Crippen LogP contribution is -2.51. The molecule has 9 nitrogen and oxygen atoms in total. The van der Waals surface area contributed by atoms with Crippen LogP contribution in [0.2, 0.25) is 0 Å². The van der Waals surface area contributed by atoms with Gasteiger partial charge in [0, 0.05) is 37.2 Å². The lowest BCUT2D eigenvalue weighted by Gasteiger charge is -2.37. The molecule has 0 radical (unpaired) electrons. The van der Waals surface area contributed by atoms with Crippen LogP contribution in [0, 0.1) is 0 Å². The number of carbonyl (C=O) groups excluding carboxylic acids is 1. The van der Waals surface area contributed by atoms with Gasteiger partial charge in [0.1, 0.15) is 0 Å². The van der Waals surface area contributed by atoms with Gasteiger partial charge in [-0.05, 0) is 24.6 Å². The standard InChI is InChI=1S/C19H18N8O/c28-19(26-14-4-8-24(11-14)15-3-1-5-20-17(15)26)25-10-13-9-23-27(16(13)12-25)18-21-6-2-7-22-18/h1-3,5-7,9,14H,4,8,10-12H2. The Morgan fingerprint density at radius 3 is 2.82 bits per heavy atom. The molecule has 1 saturated heterocycles. The fraction of sp³-hybridized carbons (Fsp3) is 0.316. The van der Waals surface area contributed by atoms with Crippen LogP contribution in [-0.2, 0) is 13.1 Å². The Morgan fingerprint density at radius 1 is 1.07 bits per heavy atom. The summed E-state index contributed by atoms with van der Waals surface area (Å²) in [5, 5.41) is 4.41. The van der Waals surface area contributed by atoms with Gasteiger partial charge in [0.25, 0.3) is 5.95 Å². The van der Waals surface area contributed by atoms with Crippen LogP contribution in [0.1, 0.15) is 17.7 Å². The molecule has 2 amide bonds. The number of anilines is 2. The summed E-state index contributed by atoms with van der Waals surface area (Å²) < 4.78 is 1.72. The highest BCUT2D eigenvalue weighted by Gasteiger charge is 2.42. The molecule has 9 heteroatoms. The summed E-state index contributed by atoms with van der Waals surface area (Å²) in [7, 11) is 0. The zero-order valence-corrected chi connectivity index (χ0v) is 15.1. The summed E-state index contributed by atoms with van der Waals surface area (Å²) in [5.41, 5.74) is 3.04. The normalized spacial score (nSPS) is 19.7. The highest BCUT2D eigenvalue weighted by atomic mass is 16.2. The van der Waals surface area contributed by atoms with Crippen LogP contribution in [0.15, 0.2) is 43.0 Å². The molecule has 1 fully saturated rings. The van der Waals surface area contributed by atoms with E-state index in [0.29, 0.717) is 19.0 Å². The molecule has 3 aliphatic heterocycles. The molecule has 3 aliphatic rings. The first kappa shape index (κ1) is 15.6. The summed E-state index contributed by atoms with van der Waals surface area (Å²) in [6.07, 6.45) is 7.91. The minimum absolute atomic E-state index is 0.00299. The summed E-state index contributed by atoms with van der Waals surface area (Å²) in [6, 6.07) is 5.93. The Labute approximate surface area is 161 Å². The lowest BCUT2D eigenvalue weighted by molar-refractivity contribution is 0.201. The van der Waals surface area contributed by atoms with Crippen LogP contribution < -0.4 is 9.80 Å². The number of pyridine rings is 1. The number of hydrogen-bond acceptors (Lipinski definition) is 6. The van der Waals surface area contributed by atoms with Gasteiger partial charge < -0.3 is 9.80 Å². The highest BCUT2D eigenvalue weighted by Crippen LogP contribution is 2.39. The predicted octanol–water partition coefficient (Wildman–Crippen LogP) is 1.59. The van der Waals surface area contributed by atoms with E-state index in [9.17, 15) is 4.79 Å². The van der Waals surface area contributed by atoms with Crippen molar-refractivity contribution in [3.8, 4) is 5.95 Å². The molecule has 3 aromatic heterocycles. The van der Waals surface area contributed by atoms with Crippen molar-refractivity contribution in [1.82, 2.24) is 29.6 Å². The third-order valence-corrected chi connectivity index (χ3v) is 5.74. The van der Waals surface area contributed by atoms with Gasteiger partial charge in [0.05, 0.1) is 36.7 Å². The van der Waals surface area contributed by atoms with Crippen LogP contribution in [-0.4, -0.2) is 54.8 Å². The second-order valence-corrected chi connectivity index (χ2v) is 7.32. The average Bonchev–Trinajstić information content (AvgIpc) is 3.43. The smallest absolute Gasteiger partial charge is 0.326 e. The van der Waals surface area contributed by atoms with E-state index in [2.05, 4.69) is 25.0 Å². The van der Waals surface area contributed by atoms with Crippen molar-refractivity contribution in [2.45, 2.75) is 25.6 Å². The molecular weight excluding hydrogens is 356 g/mol. The number of urea groups is 1. The maximum atomic E-state index is 13.5. The molecule has 1 unspecified atom stereocenters. The molecule has 0 spiro atoms. The largest absolute Gasteiger partial charge is 0.366 e. The van der Waals surface area contributed by atoms with E-state index in [-0.39, 0.29) is 12.1 Å². The third-order valence-electron chi connectivity index (χ3n) is 5.74. The van der Waals surface area contributed by atoms with Crippen molar-refractivity contribution in [3.63, 3.8) is 0 Å². The van der Waals surface area contributed by atoms with E-state index in [1.54, 1.807) is 35.5 Å². The number of amides is 2. The van der Waals surface area contributed by atoms with Crippen molar-refractivity contribution < 1.29 is 4.79 Å². The zero-order chi connectivity index (χ0) is 18.7. The first-order chi connectivity index (χ1) is 13.8. The second-order valence-electron chi connectivity index (χ2n) is 7.32. The van der Waals surface area contributed by atoms with Crippen molar-refractivity contribution in [2.24, 2.45) is 0 Å². The van der Waals surface area contributed by atoms with Gasteiger partial charge in [-0.1, -0.05) is 0 Å². The van der Waals surface area contributed by atoms with Gasteiger partial charge in [-0.2, -0.15) is 5.10 Å². The molecule has 0 aromatic carbocycles. The second kappa shape index (κ2) is 5.75. The van der Waals surface area contributed by atoms with Crippen molar-refractivity contribution in [1.29, 1.82) is 0 Å². The van der Waals surface area contributed by atoms with Gasteiger partial charge in [0.15, 0.2) is 5.82 Å². The average molecular weight is 374 g/mol. The van der Waals surface area contributed by atoms with E-state index in [1.807, 2.05) is 21.9 Å². The zero-order valence-electron chi connectivity index (χ0n) is 15.1. The maximum absolute atomic E-state index is 13.5. The van der Waals surface area contributed by atoms with Crippen LogP contribution >= 0.6 is 0 Å². The van der Waals surface area contributed by atoms with E-state index in [4.69, 9.17) is 0 Å². The first-order valence-electron chi connectivity index (χ1n) is 9.41. The quantitative estimate of drug-likeness (QED) is 0.643. The van der Waals surface area contributed by atoms with Gasteiger partial charge in [-0.25, -0.2) is 24.4 Å². The van der Waals surface area contributed by atoms with Crippen LogP contribution in [0.4, 0.5) is 16.3 Å². The first-order valence-corrected chi connectivity index (χ1v) is 9.41. The summed E-state index contributed by atoms with van der Waals surface area (Å²) >= 11 is 0. The van der Waals surface area contributed by atoms with Crippen molar-refractivity contribution in [3.05, 3.63) is 54.2 Å². The molecule has 2 bridgehead atoms. The van der Waals surface area contributed by atoms with Gasteiger partial charge in [-0.3, -0.25) is 4.90 Å². The number of aromatic nitrogens is 5. The van der Waals surface area contributed by atoms with Crippen molar-refractivity contribution >= 4 is 17.5 Å². The molecule has 0 N–H and O–H groups in total. The monoisotopic (exact) mass is 374 g/mol. The SMILES string of the molecule is O=C(N1Cc2cnn(-c3ncccn3)c2C1)N1c2ncccc2N2CCC1C2. The number of rotatable bonds is 1. The summed E-state index contributed by atoms with van der Waals surface area (Å²) in [5.74, 6) is 1.29. The molecule has 6 rings (SSSR count). The number of fused-ring (bicyclic) bond motifs is 5. The predicted molar refractivity (Wildman–Crippen MR) is 101 cm³/mol. The van der Waals surface area contributed by atoms with Gasteiger partial charge in [0.2, 0.25) is 0 Å². The molecule has 6 heterocycles. The lowest BCUT2D eigenvalue weighted by atomic mass is 10.2. The fourth-order valence-electron chi connectivity index (χ4n) is 4.42. The van der Waals surface area contributed by atoms with Crippen LogP contribution in [0.3, 0.4) is 0 Å². The Morgan fingerprint density at radius 2 is 1.93 bits per heavy atom. The molecule has 0 saturated carbocycles. The molecule has 28 heavy (non-hydrogen) atoms. The maximum Gasteiger partial charge on any atom is 0.326 e. The Hall–Kier alpha value is -3.49. The topological polar surface area (TPSA) is 83.3 Å². The molecular formula is C19H18N8O. The molecule has 1 atom stereocenters. The van der Waals surface area contributed by atoms with E-state index in [0.717, 1.165) is 42.3 Å². The fourth-order valence-corrected chi connectivity index (χ4v) is 4.42. The number of carbonyl (C=O) groups is 1. The summed E-state index contributed by atoms with van der Waals surface area (Å²) in [4.78, 5) is 32.7. The van der Waals surface area contributed by atoms with Crippen LogP contribution in [0.5, 0.6) is 0 Å². The minimum atomic E-state index is 0.00299. The molecule has 140 valence electrons. The Kier molecular flexibility index (Phi) is 3.20. The Balaban J connectivity index is 1.32. The van der Waals surface area contributed by atoms with E-state index in [1.165, 1.54) is 0 Å². The van der Waals surface area contributed by atoms with Crippen LogP contribution in [0.25, 0.3) is 5.95 Å². The van der Waals surface area contributed by atoms with Crippen molar-refractivity contribution in [2.75, 3.05) is 22.9 Å². The number of hydrogen-bond donors (Lipinski definition) is 0. The van der Waals surface area contributed by atoms with Gasteiger partial charge >= 0.3 is 6.03 Å². The van der Waals surface area contributed by atoms with E-state index >= 15 is 0 Å². The highest BCUT2D eigenvalue weighted by molar-refractivity contribution is 5.96. The van der Waals surface area contributed by atoms with Gasteiger partial charge in [-0.15, -0.1) is 0 Å². The van der Waals surface area contributed by atoms with E-state index < -0.39 is 0 Å². The summed E-state index contributed by atoms with van der Waals surface area (Å²) in [6.45, 7) is 2.86. The minimum Gasteiger partial charge on any atom is -0.366 e. The number of nitrogens with zero attached hydrogens (tertiary/aromatic N) is 8. The molecule has 0 aliphatic carbocycles. The third kappa shape index (κ3) is 2.16.